The van der Waals surface area contributed by atoms with Crippen molar-refractivity contribution in [2.75, 3.05) is 0 Å². The van der Waals surface area contributed by atoms with Gasteiger partial charge in [0.15, 0.2) is 10.7 Å². The molecule has 0 amide bonds. The molecule has 0 aliphatic heterocycles. The van der Waals surface area contributed by atoms with Crippen molar-refractivity contribution in [1.29, 1.82) is 0 Å². The molecule has 5 nitrogen and oxygen atoms in total. The second kappa shape index (κ2) is 3.22. The molecule has 0 spiro atoms. The molecular formula is C8H6N2O3S. The van der Waals surface area contributed by atoms with Gasteiger partial charge in [0, 0.05) is 11.6 Å². The average Bonchev–Trinajstić information content (AvgIpc) is 2.70. The van der Waals surface area contributed by atoms with E-state index in [4.69, 9.17) is 9.52 Å². The van der Waals surface area contributed by atoms with E-state index in [9.17, 15) is 4.79 Å². The van der Waals surface area contributed by atoms with E-state index < -0.39 is 5.97 Å². The summed E-state index contributed by atoms with van der Waals surface area (Å²) in [5.41, 5.74) is -0.0600. The van der Waals surface area contributed by atoms with Gasteiger partial charge in [-0.1, -0.05) is 0 Å². The van der Waals surface area contributed by atoms with Crippen LogP contribution in [-0.4, -0.2) is 21.0 Å². The molecule has 2 aromatic rings. The summed E-state index contributed by atoms with van der Waals surface area (Å²) >= 11 is 1.35. The smallest absolute Gasteiger partial charge is 0.358 e. The maximum absolute atomic E-state index is 10.7. The molecule has 0 radical (unpaired) electrons. The van der Waals surface area contributed by atoms with Crippen molar-refractivity contribution in [3.8, 4) is 10.9 Å². The largest absolute Gasteiger partial charge is 0.476 e. The maximum atomic E-state index is 10.7. The lowest BCUT2D eigenvalue weighted by atomic mass is 10.4. The number of aromatic nitrogens is 2. The summed E-state index contributed by atoms with van der Waals surface area (Å²) in [7, 11) is 0. The van der Waals surface area contributed by atoms with Gasteiger partial charge in [0.1, 0.15) is 5.76 Å². The monoisotopic (exact) mass is 210 g/mol. The van der Waals surface area contributed by atoms with Gasteiger partial charge < -0.3 is 9.52 Å². The van der Waals surface area contributed by atoms with Crippen molar-refractivity contribution >= 4 is 17.3 Å². The molecule has 2 heterocycles. The summed E-state index contributed by atoms with van der Waals surface area (Å²) in [4.78, 5) is 18.5. The highest BCUT2D eigenvalue weighted by Crippen LogP contribution is 2.23. The highest BCUT2D eigenvalue weighted by Gasteiger charge is 2.17. The minimum absolute atomic E-state index is 0.0600. The Bertz CT molecular complexity index is 461. The van der Waals surface area contributed by atoms with Crippen molar-refractivity contribution in [2.24, 2.45) is 0 Å². The summed E-state index contributed by atoms with van der Waals surface area (Å²) in [5, 5.41) is 11.1. The van der Waals surface area contributed by atoms with Gasteiger partial charge in [-0.2, -0.15) is 4.98 Å². The van der Waals surface area contributed by atoms with Gasteiger partial charge in [-0.05, 0) is 6.92 Å². The number of carboxylic acids is 1. The first kappa shape index (κ1) is 8.89. The van der Waals surface area contributed by atoms with E-state index in [1.165, 1.54) is 11.3 Å². The van der Waals surface area contributed by atoms with E-state index in [0.29, 0.717) is 10.8 Å². The molecule has 0 bridgehead atoms. The summed E-state index contributed by atoms with van der Waals surface area (Å²) in [5.74, 6) is -0.536. The molecule has 0 atom stereocenters. The van der Waals surface area contributed by atoms with Crippen LogP contribution in [0.3, 0.4) is 0 Å². The second-order valence-corrected chi connectivity index (χ2v) is 3.46. The van der Waals surface area contributed by atoms with Crippen molar-refractivity contribution < 1.29 is 14.3 Å². The van der Waals surface area contributed by atoms with Crippen LogP contribution in [0, 0.1) is 6.92 Å². The Hall–Kier alpha value is -1.69. The fourth-order valence-corrected chi connectivity index (χ4v) is 1.58. The van der Waals surface area contributed by atoms with E-state index in [1.54, 1.807) is 18.5 Å². The molecule has 0 unspecified atom stereocenters. The summed E-state index contributed by atoms with van der Waals surface area (Å²) in [6.45, 7) is 1.56. The predicted octanol–water partition coefficient (Wildman–Crippen LogP) is 1.80. The van der Waals surface area contributed by atoms with E-state index >= 15 is 0 Å². The van der Waals surface area contributed by atoms with Crippen LogP contribution in [0.1, 0.15) is 16.2 Å². The van der Waals surface area contributed by atoms with Gasteiger partial charge in [0.2, 0.25) is 0 Å². The zero-order chi connectivity index (χ0) is 10.1. The standard InChI is InChI=1S/C8H6N2O3S/c1-4-5(8(11)12)10-6(13-4)7-9-2-3-14-7/h2-3H,1H3,(H,11,12). The fourth-order valence-electron chi connectivity index (χ4n) is 1.02. The number of carbonyl (C=O) groups is 1. The quantitative estimate of drug-likeness (QED) is 0.817. The number of carboxylic acid groups (broad SMARTS) is 1. The minimum atomic E-state index is -1.09. The third-order valence-electron chi connectivity index (χ3n) is 1.61. The molecule has 6 heteroatoms. The first-order valence-electron chi connectivity index (χ1n) is 3.79. The molecule has 0 saturated heterocycles. The minimum Gasteiger partial charge on any atom is -0.476 e. The Morgan fingerprint density at radius 2 is 2.43 bits per heavy atom. The topological polar surface area (TPSA) is 76.2 Å². The van der Waals surface area contributed by atoms with Crippen molar-refractivity contribution in [2.45, 2.75) is 6.92 Å². The van der Waals surface area contributed by atoms with Gasteiger partial charge in [-0.3, -0.25) is 0 Å². The Balaban J connectivity index is 2.48. The molecule has 0 aliphatic rings. The van der Waals surface area contributed by atoms with Crippen molar-refractivity contribution in [3.63, 3.8) is 0 Å². The lowest BCUT2D eigenvalue weighted by molar-refractivity contribution is 0.0689. The van der Waals surface area contributed by atoms with Crippen LogP contribution in [-0.2, 0) is 0 Å². The number of hydrogen-bond acceptors (Lipinski definition) is 5. The summed E-state index contributed by atoms with van der Waals surface area (Å²) in [6, 6.07) is 0. The Kier molecular flexibility index (Phi) is 2.05. The van der Waals surface area contributed by atoms with E-state index in [1.807, 2.05) is 0 Å². The number of aryl methyl sites for hydroxylation is 1. The van der Waals surface area contributed by atoms with Gasteiger partial charge in [0.25, 0.3) is 5.89 Å². The maximum Gasteiger partial charge on any atom is 0.358 e. The number of rotatable bonds is 2. The summed E-state index contributed by atoms with van der Waals surface area (Å²) in [6.07, 6.45) is 1.61. The SMILES string of the molecule is Cc1oc(-c2nccs2)nc1C(=O)O. The molecule has 0 aromatic carbocycles. The first-order chi connectivity index (χ1) is 6.68. The fraction of sp³-hybridized carbons (Fsp3) is 0.125. The number of aromatic carboxylic acids is 1. The molecule has 72 valence electrons. The molecule has 0 saturated carbocycles. The summed E-state index contributed by atoms with van der Waals surface area (Å²) < 4.78 is 5.18. The zero-order valence-corrected chi connectivity index (χ0v) is 8.04. The molecule has 2 aromatic heterocycles. The van der Waals surface area contributed by atoms with E-state index in [-0.39, 0.29) is 11.6 Å². The zero-order valence-electron chi connectivity index (χ0n) is 7.22. The average molecular weight is 210 g/mol. The number of thiazole rings is 1. The molecule has 1 N–H and O–H groups in total. The molecular weight excluding hydrogens is 204 g/mol. The lowest BCUT2D eigenvalue weighted by Crippen LogP contribution is -1.98. The van der Waals surface area contributed by atoms with Crippen molar-refractivity contribution in [1.82, 2.24) is 9.97 Å². The highest BCUT2D eigenvalue weighted by molar-refractivity contribution is 7.12. The van der Waals surface area contributed by atoms with Crippen LogP contribution in [0.2, 0.25) is 0 Å². The molecule has 2 rings (SSSR count). The first-order valence-corrected chi connectivity index (χ1v) is 4.67. The lowest BCUT2D eigenvalue weighted by Gasteiger charge is -1.83. The van der Waals surface area contributed by atoms with Gasteiger partial charge in [-0.15, -0.1) is 11.3 Å². The Labute approximate surface area is 83.0 Å². The second-order valence-electron chi connectivity index (χ2n) is 2.57. The molecule has 0 aliphatic carbocycles. The number of oxazole rings is 1. The van der Waals surface area contributed by atoms with Crippen LogP contribution >= 0.6 is 11.3 Å². The normalized spacial score (nSPS) is 10.4. The van der Waals surface area contributed by atoms with E-state index in [0.717, 1.165) is 0 Å². The highest BCUT2D eigenvalue weighted by atomic mass is 32.1. The van der Waals surface area contributed by atoms with Gasteiger partial charge in [-0.25, -0.2) is 9.78 Å². The van der Waals surface area contributed by atoms with Crippen molar-refractivity contribution in [3.05, 3.63) is 23.0 Å². The van der Waals surface area contributed by atoms with Crippen LogP contribution in [0.25, 0.3) is 10.9 Å². The third kappa shape index (κ3) is 1.39. The number of hydrogen-bond donors (Lipinski definition) is 1. The van der Waals surface area contributed by atoms with E-state index in [2.05, 4.69) is 9.97 Å². The predicted molar refractivity (Wildman–Crippen MR) is 49.3 cm³/mol. The van der Waals surface area contributed by atoms with Gasteiger partial charge in [0.05, 0.1) is 0 Å². The molecule has 14 heavy (non-hydrogen) atoms. The third-order valence-corrected chi connectivity index (χ3v) is 2.38. The van der Waals surface area contributed by atoms with Crippen LogP contribution in [0.5, 0.6) is 0 Å². The van der Waals surface area contributed by atoms with Crippen LogP contribution < -0.4 is 0 Å². The van der Waals surface area contributed by atoms with Gasteiger partial charge >= 0.3 is 5.97 Å². The van der Waals surface area contributed by atoms with Crippen LogP contribution in [0.15, 0.2) is 16.0 Å². The Morgan fingerprint density at radius 1 is 1.64 bits per heavy atom. The molecule has 0 fully saturated rings. The Morgan fingerprint density at radius 3 is 2.93 bits per heavy atom. The number of nitrogens with zero attached hydrogens (tertiary/aromatic N) is 2. The van der Waals surface area contributed by atoms with Crippen LogP contribution in [0.4, 0.5) is 0 Å².